The molecule has 0 aliphatic rings. The van der Waals surface area contributed by atoms with Crippen molar-refractivity contribution in [3.05, 3.63) is 39.5 Å². The first kappa shape index (κ1) is 12.2. The predicted molar refractivity (Wildman–Crippen MR) is 77.2 cm³/mol. The number of thiophene rings is 1. The normalized spacial score (nSPS) is 10.8. The van der Waals surface area contributed by atoms with Gasteiger partial charge < -0.3 is 10.3 Å². The number of halogens is 1. The molecule has 96 valence electrons. The summed E-state index contributed by atoms with van der Waals surface area (Å²) < 4.78 is 5.27. The highest BCUT2D eigenvalue weighted by Gasteiger charge is 2.13. The van der Waals surface area contributed by atoms with Gasteiger partial charge in [-0.25, -0.2) is 0 Å². The van der Waals surface area contributed by atoms with Crippen LogP contribution in [0.1, 0.15) is 5.56 Å². The van der Waals surface area contributed by atoms with Crippen molar-refractivity contribution in [2.24, 2.45) is 0 Å². The number of hydrogen-bond acceptors (Lipinski definition) is 5. The third-order valence-corrected chi connectivity index (χ3v) is 3.97. The Morgan fingerprint density at radius 3 is 2.84 bits per heavy atom. The fourth-order valence-corrected chi connectivity index (χ4v) is 2.66. The van der Waals surface area contributed by atoms with Gasteiger partial charge in [0.05, 0.1) is 10.7 Å². The molecule has 19 heavy (non-hydrogen) atoms. The van der Waals surface area contributed by atoms with Crippen LogP contribution in [0.5, 0.6) is 0 Å². The molecule has 0 fully saturated rings. The minimum atomic E-state index is 0.434. The molecular weight excluding hydrogens is 282 g/mol. The van der Waals surface area contributed by atoms with Gasteiger partial charge >= 0.3 is 0 Å². The summed E-state index contributed by atoms with van der Waals surface area (Å²) in [6.07, 6.45) is 0. The largest absolute Gasteiger partial charge is 0.398 e. The van der Waals surface area contributed by atoms with Crippen molar-refractivity contribution in [1.82, 2.24) is 10.1 Å². The lowest BCUT2D eigenvalue weighted by atomic mass is 10.2. The van der Waals surface area contributed by atoms with Crippen LogP contribution in [0.25, 0.3) is 22.8 Å². The standard InChI is InChI=1S/C13H10ClN3OS/c1-7-5-19-6-9(7)12-16-13(18-17-12)8-2-3-10(14)11(15)4-8/h2-6H,15H2,1H3. The lowest BCUT2D eigenvalue weighted by molar-refractivity contribution is 0.432. The summed E-state index contributed by atoms with van der Waals surface area (Å²) in [4.78, 5) is 4.38. The highest BCUT2D eigenvalue weighted by atomic mass is 35.5. The number of aryl methyl sites for hydroxylation is 1. The summed E-state index contributed by atoms with van der Waals surface area (Å²) in [7, 11) is 0. The maximum absolute atomic E-state index is 5.89. The molecule has 4 nitrogen and oxygen atoms in total. The second-order valence-electron chi connectivity index (χ2n) is 4.13. The van der Waals surface area contributed by atoms with E-state index in [4.69, 9.17) is 21.9 Å². The zero-order valence-corrected chi connectivity index (χ0v) is 11.6. The molecule has 3 rings (SSSR count). The summed E-state index contributed by atoms with van der Waals surface area (Å²) in [6.45, 7) is 2.02. The number of nitrogens with zero attached hydrogens (tertiary/aromatic N) is 2. The summed E-state index contributed by atoms with van der Waals surface area (Å²) in [6, 6.07) is 5.24. The van der Waals surface area contributed by atoms with Crippen LogP contribution in [0.2, 0.25) is 5.02 Å². The van der Waals surface area contributed by atoms with Gasteiger partial charge in [0, 0.05) is 16.5 Å². The molecule has 0 saturated carbocycles. The quantitative estimate of drug-likeness (QED) is 0.725. The minimum absolute atomic E-state index is 0.434. The fourth-order valence-electron chi connectivity index (χ4n) is 1.72. The van der Waals surface area contributed by atoms with Gasteiger partial charge in [-0.3, -0.25) is 0 Å². The molecule has 2 heterocycles. The van der Waals surface area contributed by atoms with Crippen molar-refractivity contribution in [3.8, 4) is 22.8 Å². The summed E-state index contributed by atoms with van der Waals surface area (Å²) in [5.74, 6) is 1.02. The zero-order chi connectivity index (χ0) is 13.4. The van der Waals surface area contributed by atoms with E-state index in [9.17, 15) is 0 Å². The Hall–Kier alpha value is -1.85. The lowest BCUT2D eigenvalue weighted by Gasteiger charge is -1.98. The first-order valence-corrected chi connectivity index (χ1v) is 6.89. The van der Waals surface area contributed by atoms with E-state index in [1.807, 2.05) is 17.7 Å². The number of rotatable bonds is 2. The molecule has 0 atom stereocenters. The molecule has 2 N–H and O–H groups in total. The number of aromatic nitrogens is 2. The molecule has 0 aliphatic carbocycles. The fraction of sp³-hybridized carbons (Fsp3) is 0.0769. The molecule has 0 spiro atoms. The van der Waals surface area contributed by atoms with Crippen LogP contribution in [0, 0.1) is 6.92 Å². The van der Waals surface area contributed by atoms with Crippen LogP contribution >= 0.6 is 22.9 Å². The van der Waals surface area contributed by atoms with E-state index in [1.54, 1.807) is 29.5 Å². The molecule has 0 aliphatic heterocycles. The van der Waals surface area contributed by atoms with Gasteiger partial charge in [-0.1, -0.05) is 16.8 Å². The average molecular weight is 292 g/mol. The first-order valence-electron chi connectivity index (χ1n) is 5.57. The Kier molecular flexibility index (Phi) is 3.00. The maximum atomic E-state index is 5.89. The van der Waals surface area contributed by atoms with Crippen molar-refractivity contribution in [2.75, 3.05) is 5.73 Å². The van der Waals surface area contributed by atoms with Crippen molar-refractivity contribution in [3.63, 3.8) is 0 Å². The van der Waals surface area contributed by atoms with E-state index in [0.29, 0.717) is 22.4 Å². The average Bonchev–Trinajstić information content (AvgIpc) is 3.01. The Bertz CT molecular complexity index is 735. The van der Waals surface area contributed by atoms with Gasteiger partial charge in [0.15, 0.2) is 0 Å². The number of hydrogen-bond donors (Lipinski definition) is 1. The van der Waals surface area contributed by atoms with Crippen LogP contribution in [0.4, 0.5) is 5.69 Å². The third kappa shape index (κ3) is 2.22. The molecule has 0 amide bonds. The van der Waals surface area contributed by atoms with Crippen molar-refractivity contribution >= 4 is 28.6 Å². The van der Waals surface area contributed by atoms with E-state index < -0.39 is 0 Å². The van der Waals surface area contributed by atoms with Crippen LogP contribution in [0.3, 0.4) is 0 Å². The summed E-state index contributed by atoms with van der Waals surface area (Å²) in [5, 5.41) is 8.55. The van der Waals surface area contributed by atoms with Gasteiger partial charge in [0.1, 0.15) is 0 Å². The molecule has 2 aromatic heterocycles. The number of benzene rings is 1. The van der Waals surface area contributed by atoms with E-state index in [1.165, 1.54) is 0 Å². The summed E-state index contributed by atoms with van der Waals surface area (Å²) >= 11 is 7.50. The van der Waals surface area contributed by atoms with Gasteiger partial charge in [-0.15, -0.1) is 0 Å². The van der Waals surface area contributed by atoms with Crippen LogP contribution < -0.4 is 5.73 Å². The van der Waals surface area contributed by atoms with E-state index in [0.717, 1.165) is 16.7 Å². The van der Waals surface area contributed by atoms with Crippen molar-refractivity contribution < 1.29 is 4.52 Å². The van der Waals surface area contributed by atoms with Crippen LogP contribution in [0.15, 0.2) is 33.5 Å². The van der Waals surface area contributed by atoms with Gasteiger partial charge in [0.2, 0.25) is 5.82 Å². The number of nitrogens with two attached hydrogens (primary N) is 1. The zero-order valence-electron chi connectivity index (χ0n) is 10.1. The molecule has 0 radical (unpaired) electrons. The predicted octanol–water partition coefficient (Wildman–Crippen LogP) is 4.01. The maximum Gasteiger partial charge on any atom is 0.258 e. The monoisotopic (exact) mass is 291 g/mol. The molecule has 3 aromatic rings. The first-order chi connectivity index (χ1) is 9.15. The molecular formula is C13H10ClN3OS. The highest BCUT2D eigenvalue weighted by Crippen LogP contribution is 2.29. The van der Waals surface area contributed by atoms with E-state index in [-0.39, 0.29) is 0 Å². The Labute approximate surface area is 118 Å². The minimum Gasteiger partial charge on any atom is -0.398 e. The van der Waals surface area contributed by atoms with Gasteiger partial charge in [0.25, 0.3) is 5.89 Å². The Morgan fingerprint density at radius 2 is 2.16 bits per heavy atom. The van der Waals surface area contributed by atoms with Crippen molar-refractivity contribution in [1.29, 1.82) is 0 Å². The molecule has 0 unspecified atom stereocenters. The second kappa shape index (κ2) is 4.68. The Morgan fingerprint density at radius 1 is 1.32 bits per heavy atom. The smallest absolute Gasteiger partial charge is 0.258 e. The molecule has 1 aromatic carbocycles. The number of anilines is 1. The molecule has 0 saturated heterocycles. The van der Waals surface area contributed by atoms with E-state index >= 15 is 0 Å². The van der Waals surface area contributed by atoms with E-state index in [2.05, 4.69) is 10.1 Å². The molecule has 6 heteroatoms. The second-order valence-corrected chi connectivity index (χ2v) is 5.28. The number of nitrogen functional groups attached to an aromatic ring is 1. The third-order valence-electron chi connectivity index (χ3n) is 2.77. The topological polar surface area (TPSA) is 64.9 Å². The van der Waals surface area contributed by atoms with Crippen molar-refractivity contribution in [2.45, 2.75) is 6.92 Å². The molecule has 0 bridgehead atoms. The van der Waals surface area contributed by atoms with Crippen LogP contribution in [-0.2, 0) is 0 Å². The van der Waals surface area contributed by atoms with Gasteiger partial charge in [-0.2, -0.15) is 16.3 Å². The van der Waals surface area contributed by atoms with Crippen LogP contribution in [-0.4, -0.2) is 10.1 Å². The van der Waals surface area contributed by atoms with Gasteiger partial charge in [-0.05, 0) is 36.1 Å². The SMILES string of the molecule is Cc1cscc1-c1noc(-c2ccc(Cl)c(N)c2)n1. The highest BCUT2D eigenvalue weighted by molar-refractivity contribution is 7.08. The Balaban J connectivity index is 2.01. The lowest BCUT2D eigenvalue weighted by Crippen LogP contribution is -1.87. The summed E-state index contributed by atoms with van der Waals surface area (Å²) in [5.41, 5.74) is 9.13.